The number of para-hydroxylation sites is 2. The van der Waals surface area contributed by atoms with Crippen LogP contribution in [0.25, 0.3) is 0 Å². The van der Waals surface area contributed by atoms with Crippen LogP contribution in [0.15, 0.2) is 89.8 Å². The molecule has 0 aliphatic rings. The highest BCUT2D eigenvalue weighted by molar-refractivity contribution is 7.92. The lowest BCUT2D eigenvalue weighted by molar-refractivity contribution is -0.127. The number of urea groups is 1. The fourth-order valence-electron chi connectivity index (χ4n) is 2.88. The number of nitrogens with zero attached hydrogens (tertiary/aromatic N) is 1. The summed E-state index contributed by atoms with van der Waals surface area (Å²) in [5.74, 6) is -1.66. The van der Waals surface area contributed by atoms with Gasteiger partial charge in [-0.2, -0.15) is 0 Å². The number of esters is 1. The average Bonchev–Trinajstić information content (AvgIpc) is 2.84. The van der Waals surface area contributed by atoms with Crippen molar-refractivity contribution in [1.29, 1.82) is 0 Å². The van der Waals surface area contributed by atoms with Crippen LogP contribution >= 0.6 is 0 Å². The number of anilines is 2. The Bertz CT molecular complexity index is 1260. The lowest BCUT2D eigenvalue weighted by atomic mass is 10.2. The Morgan fingerprint density at radius 3 is 2.00 bits per heavy atom. The van der Waals surface area contributed by atoms with Gasteiger partial charge in [-0.3, -0.25) is 14.4 Å². The van der Waals surface area contributed by atoms with Crippen LogP contribution in [0.5, 0.6) is 0 Å². The summed E-state index contributed by atoms with van der Waals surface area (Å²) in [6.45, 7) is 1.32. The van der Waals surface area contributed by atoms with Crippen LogP contribution in [0.2, 0.25) is 0 Å². The molecule has 10 heteroatoms. The number of sulfonamides is 1. The number of imide groups is 1. The lowest BCUT2D eigenvalue weighted by Crippen LogP contribution is -2.41. The van der Waals surface area contributed by atoms with E-state index in [-0.39, 0.29) is 10.5 Å². The smallest absolute Gasteiger partial charge is 0.338 e. The van der Waals surface area contributed by atoms with E-state index in [4.69, 9.17) is 4.74 Å². The Balaban J connectivity index is 1.59. The van der Waals surface area contributed by atoms with Gasteiger partial charge in [0.2, 0.25) is 0 Å². The van der Waals surface area contributed by atoms with Crippen LogP contribution < -0.4 is 14.9 Å². The molecule has 0 radical (unpaired) electrons. The molecule has 0 aliphatic heterocycles. The van der Waals surface area contributed by atoms with Gasteiger partial charge in [0.05, 0.1) is 16.1 Å². The molecular weight excluding hydrogens is 458 g/mol. The van der Waals surface area contributed by atoms with Crippen molar-refractivity contribution in [2.24, 2.45) is 0 Å². The molecule has 176 valence electrons. The summed E-state index contributed by atoms with van der Waals surface area (Å²) in [6, 6.07) is 21.4. The SMILES string of the molecule is CC(OC(=O)c1ccc(S(=O)(=O)N(C)c2ccccc2)cc1)C(=O)NC(=O)Nc1ccccc1. The Hall–Kier alpha value is -4.18. The topological polar surface area (TPSA) is 122 Å². The summed E-state index contributed by atoms with van der Waals surface area (Å²) in [5.41, 5.74) is 1.03. The minimum Gasteiger partial charge on any atom is -0.449 e. The third kappa shape index (κ3) is 5.99. The molecule has 3 rings (SSSR count). The predicted octanol–water partition coefficient (Wildman–Crippen LogP) is 3.41. The van der Waals surface area contributed by atoms with E-state index in [0.717, 1.165) is 4.31 Å². The maximum atomic E-state index is 12.8. The molecule has 0 spiro atoms. The van der Waals surface area contributed by atoms with Crippen molar-refractivity contribution < 1.29 is 27.5 Å². The number of hydrogen-bond donors (Lipinski definition) is 2. The van der Waals surface area contributed by atoms with Gasteiger partial charge < -0.3 is 10.1 Å². The molecule has 0 saturated carbocycles. The number of rotatable bonds is 7. The van der Waals surface area contributed by atoms with Crippen molar-refractivity contribution in [3.05, 3.63) is 90.5 Å². The van der Waals surface area contributed by atoms with Crippen LogP contribution in [-0.2, 0) is 19.6 Å². The van der Waals surface area contributed by atoms with E-state index in [1.54, 1.807) is 60.7 Å². The summed E-state index contributed by atoms with van der Waals surface area (Å²) in [4.78, 5) is 36.5. The molecule has 0 fully saturated rings. The van der Waals surface area contributed by atoms with Crippen LogP contribution in [0.1, 0.15) is 17.3 Å². The first-order chi connectivity index (χ1) is 16.2. The van der Waals surface area contributed by atoms with Gasteiger partial charge in [-0.05, 0) is 55.5 Å². The lowest BCUT2D eigenvalue weighted by Gasteiger charge is -2.19. The first-order valence-corrected chi connectivity index (χ1v) is 11.6. The first kappa shape index (κ1) is 24.5. The quantitative estimate of drug-likeness (QED) is 0.499. The Morgan fingerprint density at radius 2 is 1.41 bits per heavy atom. The second-order valence-electron chi connectivity index (χ2n) is 7.19. The molecule has 0 aliphatic carbocycles. The third-order valence-corrected chi connectivity index (χ3v) is 6.59. The zero-order valence-corrected chi connectivity index (χ0v) is 19.3. The molecular formula is C24H23N3O6S. The van der Waals surface area contributed by atoms with E-state index < -0.39 is 34.0 Å². The van der Waals surface area contributed by atoms with E-state index in [9.17, 15) is 22.8 Å². The van der Waals surface area contributed by atoms with Gasteiger partial charge in [0.1, 0.15) is 0 Å². The normalized spacial score (nSPS) is 11.7. The molecule has 0 aromatic heterocycles. The number of carbonyl (C=O) groups excluding carboxylic acids is 3. The zero-order chi connectivity index (χ0) is 24.7. The number of nitrogens with one attached hydrogen (secondary N) is 2. The minimum absolute atomic E-state index is 0.0150. The number of carbonyl (C=O) groups is 3. The molecule has 0 saturated heterocycles. The van der Waals surface area contributed by atoms with Crippen molar-refractivity contribution in [3.63, 3.8) is 0 Å². The first-order valence-electron chi connectivity index (χ1n) is 10.2. The van der Waals surface area contributed by atoms with Crippen molar-refractivity contribution in [1.82, 2.24) is 5.32 Å². The number of hydrogen-bond acceptors (Lipinski definition) is 6. The van der Waals surface area contributed by atoms with Gasteiger partial charge in [-0.25, -0.2) is 18.0 Å². The molecule has 3 aromatic carbocycles. The van der Waals surface area contributed by atoms with E-state index in [0.29, 0.717) is 11.4 Å². The van der Waals surface area contributed by atoms with Crippen LogP contribution in [-0.4, -0.2) is 39.5 Å². The summed E-state index contributed by atoms with van der Waals surface area (Å²) >= 11 is 0. The maximum absolute atomic E-state index is 12.8. The Morgan fingerprint density at radius 1 is 0.853 bits per heavy atom. The van der Waals surface area contributed by atoms with Gasteiger partial charge in [0.15, 0.2) is 6.10 Å². The fourth-order valence-corrected chi connectivity index (χ4v) is 4.07. The van der Waals surface area contributed by atoms with E-state index in [2.05, 4.69) is 10.6 Å². The van der Waals surface area contributed by atoms with Gasteiger partial charge in [0.25, 0.3) is 15.9 Å². The summed E-state index contributed by atoms with van der Waals surface area (Å²) in [6.07, 6.45) is -1.26. The van der Waals surface area contributed by atoms with Gasteiger partial charge in [-0.1, -0.05) is 36.4 Å². The van der Waals surface area contributed by atoms with Crippen LogP contribution in [0, 0.1) is 0 Å². The standard InChI is InChI=1S/C24H23N3O6S/c1-17(22(28)26-24(30)25-19-9-5-3-6-10-19)33-23(29)18-13-15-21(16-14-18)34(31,32)27(2)20-11-7-4-8-12-20/h3-17H,1-2H3,(H2,25,26,28,30). The van der Waals surface area contributed by atoms with Crippen molar-refractivity contribution in [3.8, 4) is 0 Å². The van der Waals surface area contributed by atoms with Crippen molar-refractivity contribution >= 4 is 39.3 Å². The molecule has 1 atom stereocenters. The summed E-state index contributed by atoms with van der Waals surface area (Å²) in [5, 5.41) is 4.57. The average molecular weight is 482 g/mol. The number of ether oxygens (including phenoxy) is 1. The molecule has 0 bridgehead atoms. The second kappa shape index (κ2) is 10.6. The molecule has 3 aromatic rings. The number of benzene rings is 3. The Kier molecular flexibility index (Phi) is 7.64. The molecule has 3 amide bonds. The summed E-state index contributed by atoms with van der Waals surface area (Å²) in [7, 11) is -2.41. The second-order valence-corrected chi connectivity index (χ2v) is 9.16. The van der Waals surface area contributed by atoms with E-state index in [1.165, 1.54) is 38.2 Å². The molecule has 9 nitrogen and oxygen atoms in total. The maximum Gasteiger partial charge on any atom is 0.338 e. The van der Waals surface area contributed by atoms with Gasteiger partial charge in [-0.15, -0.1) is 0 Å². The van der Waals surface area contributed by atoms with Crippen LogP contribution in [0.3, 0.4) is 0 Å². The van der Waals surface area contributed by atoms with Crippen molar-refractivity contribution in [2.75, 3.05) is 16.7 Å². The summed E-state index contributed by atoms with van der Waals surface area (Å²) < 4.78 is 31.9. The van der Waals surface area contributed by atoms with Crippen LogP contribution in [0.4, 0.5) is 16.2 Å². The molecule has 2 N–H and O–H groups in total. The highest BCUT2D eigenvalue weighted by Crippen LogP contribution is 2.22. The van der Waals surface area contributed by atoms with E-state index >= 15 is 0 Å². The number of amides is 3. The van der Waals surface area contributed by atoms with Gasteiger partial charge >= 0.3 is 12.0 Å². The molecule has 1 unspecified atom stereocenters. The van der Waals surface area contributed by atoms with E-state index in [1.807, 2.05) is 0 Å². The van der Waals surface area contributed by atoms with Gasteiger partial charge in [0, 0.05) is 12.7 Å². The largest absolute Gasteiger partial charge is 0.449 e. The highest BCUT2D eigenvalue weighted by Gasteiger charge is 2.23. The fraction of sp³-hybridized carbons (Fsp3) is 0.125. The molecule has 0 heterocycles. The monoisotopic (exact) mass is 481 g/mol. The third-order valence-electron chi connectivity index (χ3n) is 4.79. The minimum atomic E-state index is -3.84. The zero-order valence-electron chi connectivity index (χ0n) is 18.5. The predicted molar refractivity (Wildman–Crippen MR) is 127 cm³/mol. The van der Waals surface area contributed by atoms with Crippen molar-refractivity contribution in [2.45, 2.75) is 17.9 Å². The molecule has 34 heavy (non-hydrogen) atoms. The highest BCUT2D eigenvalue weighted by atomic mass is 32.2. The Labute approximate surface area is 197 Å².